The third kappa shape index (κ3) is 6.09. The van der Waals surface area contributed by atoms with E-state index < -0.39 is 11.7 Å². The summed E-state index contributed by atoms with van der Waals surface area (Å²) in [6.07, 6.45) is 4.18. The summed E-state index contributed by atoms with van der Waals surface area (Å²) >= 11 is 19.1. The SMILES string of the molecule is CCCCCCOc1c(Cl)cc(C(=O)Nc2c(C(=O)c3ccc(OC)c(Cl)c3)oc3ccccc23)cc1Cl. The third-order valence-corrected chi connectivity index (χ3v) is 6.82. The average Bonchev–Trinajstić information content (AvgIpc) is 3.27. The van der Waals surface area contributed by atoms with Crippen LogP contribution in [0.2, 0.25) is 15.1 Å². The first-order valence-corrected chi connectivity index (χ1v) is 13.3. The van der Waals surface area contributed by atoms with Crippen LogP contribution in [0.4, 0.5) is 5.69 Å². The summed E-state index contributed by atoms with van der Waals surface area (Å²) in [5.41, 5.74) is 1.14. The smallest absolute Gasteiger partial charge is 0.255 e. The molecule has 1 heterocycles. The van der Waals surface area contributed by atoms with Crippen LogP contribution in [-0.4, -0.2) is 25.4 Å². The number of fused-ring (bicyclic) bond motifs is 1. The molecule has 4 rings (SSSR count). The molecule has 0 atom stereocenters. The standard InChI is InChI=1S/C29H26Cl3NO5/c1-3-4-5-8-13-37-27-21(31)15-18(16-22(27)32)29(35)33-25-19-9-6-7-10-23(19)38-28(25)26(34)17-11-12-24(36-2)20(30)14-17/h6-7,9-12,14-16H,3-5,8,13H2,1-2H3,(H,33,35). The van der Waals surface area contributed by atoms with Gasteiger partial charge in [0.05, 0.1) is 34.5 Å². The first kappa shape index (κ1) is 27.8. The minimum atomic E-state index is -0.517. The quantitative estimate of drug-likeness (QED) is 0.143. The number of benzene rings is 3. The Morgan fingerprint density at radius 3 is 2.29 bits per heavy atom. The van der Waals surface area contributed by atoms with Gasteiger partial charge in [0.2, 0.25) is 5.78 Å². The molecule has 0 bridgehead atoms. The highest BCUT2D eigenvalue weighted by Crippen LogP contribution is 2.37. The summed E-state index contributed by atoms with van der Waals surface area (Å²) in [6.45, 7) is 2.62. The van der Waals surface area contributed by atoms with Crippen LogP contribution in [0.1, 0.15) is 59.1 Å². The van der Waals surface area contributed by atoms with Crippen LogP contribution in [0.25, 0.3) is 11.0 Å². The van der Waals surface area contributed by atoms with Gasteiger partial charge in [-0.15, -0.1) is 0 Å². The van der Waals surface area contributed by atoms with Crippen LogP contribution in [0.5, 0.6) is 11.5 Å². The zero-order chi connectivity index (χ0) is 27.2. The number of unbranched alkanes of at least 4 members (excludes halogenated alkanes) is 3. The summed E-state index contributed by atoms with van der Waals surface area (Å²) in [7, 11) is 1.49. The number of nitrogens with one attached hydrogen (secondary N) is 1. The molecule has 1 amide bonds. The number of amides is 1. The number of hydrogen-bond donors (Lipinski definition) is 1. The Hall–Kier alpha value is -3.19. The van der Waals surface area contributed by atoms with E-state index in [1.165, 1.54) is 25.3 Å². The molecule has 0 unspecified atom stereocenters. The van der Waals surface area contributed by atoms with E-state index in [1.54, 1.807) is 36.4 Å². The van der Waals surface area contributed by atoms with Crippen LogP contribution >= 0.6 is 34.8 Å². The molecule has 0 fully saturated rings. The summed E-state index contributed by atoms with van der Waals surface area (Å²) in [6, 6.07) is 14.6. The molecule has 6 nitrogen and oxygen atoms in total. The van der Waals surface area contributed by atoms with Crippen molar-refractivity contribution in [3.63, 3.8) is 0 Å². The summed E-state index contributed by atoms with van der Waals surface area (Å²) < 4.78 is 16.8. The number of ether oxygens (including phenoxy) is 2. The Morgan fingerprint density at radius 1 is 0.895 bits per heavy atom. The molecular formula is C29H26Cl3NO5. The van der Waals surface area contributed by atoms with Crippen molar-refractivity contribution < 1.29 is 23.5 Å². The Kier molecular flexibility index (Phi) is 9.21. The first-order chi connectivity index (χ1) is 18.3. The number of halogens is 3. The number of anilines is 1. The second-order valence-electron chi connectivity index (χ2n) is 8.61. The molecule has 0 aliphatic heterocycles. The van der Waals surface area contributed by atoms with Crippen LogP contribution in [0.3, 0.4) is 0 Å². The van der Waals surface area contributed by atoms with Gasteiger partial charge in [-0.25, -0.2) is 0 Å². The van der Waals surface area contributed by atoms with Gasteiger partial charge in [0.1, 0.15) is 11.3 Å². The molecule has 0 aliphatic rings. The number of hydrogen-bond acceptors (Lipinski definition) is 5. The highest BCUT2D eigenvalue weighted by atomic mass is 35.5. The Labute approximate surface area is 235 Å². The maximum absolute atomic E-state index is 13.4. The number of furan rings is 1. The van der Waals surface area contributed by atoms with Crippen LogP contribution < -0.4 is 14.8 Å². The van der Waals surface area contributed by atoms with Gasteiger partial charge in [-0.2, -0.15) is 0 Å². The molecule has 0 saturated carbocycles. The molecule has 9 heteroatoms. The fourth-order valence-electron chi connectivity index (χ4n) is 3.99. The number of ketones is 1. The second kappa shape index (κ2) is 12.6. The van der Waals surface area contributed by atoms with E-state index in [0.29, 0.717) is 29.1 Å². The second-order valence-corrected chi connectivity index (χ2v) is 9.83. The lowest BCUT2D eigenvalue weighted by Crippen LogP contribution is -2.14. The predicted octanol–water partition coefficient (Wildman–Crippen LogP) is 8.84. The van der Waals surface area contributed by atoms with Crippen LogP contribution in [-0.2, 0) is 0 Å². The van der Waals surface area contributed by atoms with Gasteiger partial charge in [0.15, 0.2) is 11.5 Å². The Balaban J connectivity index is 1.62. The van der Waals surface area contributed by atoms with Gasteiger partial charge in [-0.1, -0.05) is 73.1 Å². The maximum Gasteiger partial charge on any atom is 0.255 e. The molecule has 0 saturated heterocycles. The average molecular weight is 575 g/mol. The molecule has 4 aromatic rings. The molecule has 38 heavy (non-hydrogen) atoms. The van der Waals surface area contributed by atoms with E-state index in [-0.39, 0.29) is 37.6 Å². The fourth-order valence-corrected chi connectivity index (χ4v) is 4.84. The van der Waals surface area contributed by atoms with Gasteiger partial charge < -0.3 is 19.2 Å². The molecule has 0 spiro atoms. The molecule has 3 aromatic carbocycles. The number of para-hydroxylation sites is 1. The molecular weight excluding hydrogens is 549 g/mol. The molecule has 0 aliphatic carbocycles. The Bertz CT molecular complexity index is 1460. The highest BCUT2D eigenvalue weighted by molar-refractivity contribution is 6.38. The number of methoxy groups -OCH3 is 1. The van der Waals surface area contributed by atoms with E-state index in [2.05, 4.69) is 12.2 Å². The van der Waals surface area contributed by atoms with Gasteiger partial charge >= 0.3 is 0 Å². The van der Waals surface area contributed by atoms with Gasteiger partial charge in [-0.3, -0.25) is 9.59 Å². The minimum Gasteiger partial charge on any atom is -0.495 e. The van der Waals surface area contributed by atoms with Crippen LogP contribution in [0, 0.1) is 0 Å². The predicted molar refractivity (Wildman–Crippen MR) is 152 cm³/mol. The zero-order valence-corrected chi connectivity index (χ0v) is 23.2. The fraction of sp³-hybridized carbons (Fsp3) is 0.241. The Morgan fingerprint density at radius 2 is 1.61 bits per heavy atom. The lowest BCUT2D eigenvalue weighted by molar-refractivity contribution is 0.101. The third-order valence-electron chi connectivity index (χ3n) is 5.96. The number of carbonyl (C=O) groups excluding carboxylic acids is 2. The van der Waals surface area contributed by atoms with Gasteiger partial charge in [0.25, 0.3) is 5.91 Å². The summed E-state index contributed by atoms with van der Waals surface area (Å²) in [5.74, 6) is -0.239. The van der Waals surface area contributed by atoms with E-state index >= 15 is 0 Å². The molecule has 1 N–H and O–H groups in total. The van der Waals surface area contributed by atoms with Crippen molar-refractivity contribution in [2.24, 2.45) is 0 Å². The number of carbonyl (C=O) groups is 2. The van der Waals surface area contributed by atoms with Crippen LogP contribution in [0.15, 0.2) is 59.0 Å². The van der Waals surface area contributed by atoms with Crippen molar-refractivity contribution >= 4 is 63.1 Å². The molecule has 1 aromatic heterocycles. The number of rotatable bonds is 11. The topological polar surface area (TPSA) is 77.8 Å². The minimum absolute atomic E-state index is 0.0370. The van der Waals surface area contributed by atoms with Gasteiger partial charge in [0, 0.05) is 16.5 Å². The lowest BCUT2D eigenvalue weighted by atomic mass is 10.1. The van der Waals surface area contributed by atoms with Crippen molar-refractivity contribution in [1.29, 1.82) is 0 Å². The monoisotopic (exact) mass is 573 g/mol. The largest absolute Gasteiger partial charge is 0.495 e. The van der Waals surface area contributed by atoms with E-state index in [1.807, 2.05) is 0 Å². The van der Waals surface area contributed by atoms with Crippen molar-refractivity contribution in [3.05, 3.63) is 86.6 Å². The van der Waals surface area contributed by atoms with E-state index in [4.69, 9.17) is 48.7 Å². The molecule has 0 radical (unpaired) electrons. The lowest BCUT2D eigenvalue weighted by Gasteiger charge is -2.12. The maximum atomic E-state index is 13.4. The molecule has 198 valence electrons. The van der Waals surface area contributed by atoms with Crippen molar-refractivity contribution in [1.82, 2.24) is 0 Å². The normalized spacial score (nSPS) is 11.0. The summed E-state index contributed by atoms with van der Waals surface area (Å²) in [4.78, 5) is 26.7. The van der Waals surface area contributed by atoms with Crippen molar-refractivity contribution in [2.45, 2.75) is 32.6 Å². The first-order valence-electron chi connectivity index (χ1n) is 12.2. The van der Waals surface area contributed by atoms with E-state index in [9.17, 15) is 9.59 Å². The van der Waals surface area contributed by atoms with Gasteiger partial charge in [-0.05, 0) is 48.9 Å². The highest BCUT2D eigenvalue weighted by Gasteiger charge is 2.25. The van der Waals surface area contributed by atoms with Crippen molar-refractivity contribution in [2.75, 3.05) is 19.0 Å². The van der Waals surface area contributed by atoms with Crippen molar-refractivity contribution in [3.8, 4) is 11.5 Å². The zero-order valence-electron chi connectivity index (χ0n) is 20.9. The van der Waals surface area contributed by atoms with E-state index in [0.717, 1.165) is 25.7 Å². The summed E-state index contributed by atoms with van der Waals surface area (Å²) in [5, 5.41) is 4.09.